The Labute approximate surface area is 126 Å². The Hall–Kier alpha value is -1.16. The van der Waals surface area contributed by atoms with Gasteiger partial charge in [-0.25, -0.2) is 8.78 Å². The molecular formula is C17H26F2N2. The molecular weight excluding hydrogens is 270 g/mol. The standard InChI is InChI=1S/C17H26F2N2/c1-11-7-13(18)15(14(19)8-11)20-12-9-16(2,3)21(6)17(4,5)10-12/h7-8,12,20H,9-10H2,1-6H3. The molecule has 1 aliphatic rings. The van der Waals surface area contributed by atoms with Crippen LogP contribution in [-0.2, 0) is 0 Å². The number of hydrogen-bond acceptors (Lipinski definition) is 2. The normalized spacial score (nSPS) is 22.3. The summed E-state index contributed by atoms with van der Waals surface area (Å²) in [6.07, 6.45) is 1.69. The van der Waals surface area contributed by atoms with Gasteiger partial charge in [0.2, 0.25) is 0 Å². The Morgan fingerprint density at radius 2 is 1.48 bits per heavy atom. The number of aryl methyl sites for hydroxylation is 1. The molecule has 0 bridgehead atoms. The van der Waals surface area contributed by atoms with E-state index in [0.717, 1.165) is 12.8 Å². The lowest BCUT2D eigenvalue weighted by atomic mass is 9.77. The summed E-state index contributed by atoms with van der Waals surface area (Å²) >= 11 is 0. The van der Waals surface area contributed by atoms with Gasteiger partial charge < -0.3 is 5.32 Å². The zero-order valence-corrected chi connectivity index (χ0v) is 13.8. The van der Waals surface area contributed by atoms with Gasteiger partial charge in [-0.3, -0.25) is 4.90 Å². The third-order valence-corrected chi connectivity index (χ3v) is 4.84. The van der Waals surface area contributed by atoms with Gasteiger partial charge in [-0.2, -0.15) is 0 Å². The predicted octanol–water partition coefficient (Wildman–Crippen LogP) is 4.34. The van der Waals surface area contributed by atoms with Gasteiger partial charge in [0.25, 0.3) is 0 Å². The van der Waals surface area contributed by atoms with E-state index < -0.39 is 11.6 Å². The highest BCUT2D eigenvalue weighted by Gasteiger charge is 2.43. The molecule has 0 saturated carbocycles. The number of nitrogens with zero attached hydrogens (tertiary/aromatic N) is 1. The second-order valence-corrected chi connectivity index (χ2v) is 7.54. The van der Waals surface area contributed by atoms with Crippen LogP contribution in [-0.4, -0.2) is 29.1 Å². The van der Waals surface area contributed by atoms with Crippen LogP contribution in [0.3, 0.4) is 0 Å². The smallest absolute Gasteiger partial charge is 0.149 e. The van der Waals surface area contributed by atoms with Crippen LogP contribution < -0.4 is 5.32 Å². The van der Waals surface area contributed by atoms with E-state index in [4.69, 9.17) is 0 Å². The van der Waals surface area contributed by atoms with E-state index >= 15 is 0 Å². The molecule has 1 aromatic carbocycles. The number of benzene rings is 1. The quantitative estimate of drug-likeness (QED) is 0.873. The van der Waals surface area contributed by atoms with Crippen molar-refractivity contribution in [3.8, 4) is 0 Å². The highest BCUT2D eigenvalue weighted by molar-refractivity contribution is 5.49. The van der Waals surface area contributed by atoms with Gasteiger partial charge >= 0.3 is 0 Å². The molecule has 0 aromatic heterocycles. The van der Waals surface area contributed by atoms with Gasteiger partial charge in [-0.1, -0.05) is 0 Å². The Morgan fingerprint density at radius 3 is 1.90 bits per heavy atom. The lowest BCUT2D eigenvalue weighted by Crippen LogP contribution is -2.61. The van der Waals surface area contributed by atoms with Crippen LogP contribution in [0.5, 0.6) is 0 Å². The van der Waals surface area contributed by atoms with Crippen molar-refractivity contribution < 1.29 is 8.78 Å². The average molecular weight is 296 g/mol. The Bertz CT molecular complexity index is 497. The van der Waals surface area contributed by atoms with Crippen LogP contribution in [0, 0.1) is 18.6 Å². The maximum absolute atomic E-state index is 14.0. The summed E-state index contributed by atoms with van der Waals surface area (Å²) in [5.74, 6) is -1.02. The van der Waals surface area contributed by atoms with Crippen molar-refractivity contribution in [2.75, 3.05) is 12.4 Å². The minimum absolute atomic E-state index is 0.00162. The summed E-state index contributed by atoms with van der Waals surface area (Å²) in [5, 5.41) is 3.10. The van der Waals surface area contributed by atoms with Gasteiger partial charge in [0.1, 0.15) is 17.3 Å². The zero-order valence-electron chi connectivity index (χ0n) is 13.8. The molecule has 0 aliphatic carbocycles. The highest BCUT2D eigenvalue weighted by Crippen LogP contribution is 2.38. The van der Waals surface area contributed by atoms with E-state index in [1.807, 2.05) is 0 Å². The number of nitrogens with one attached hydrogen (secondary N) is 1. The minimum Gasteiger partial charge on any atom is -0.377 e. The molecule has 2 nitrogen and oxygen atoms in total. The second-order valence-electron chi connectivity index (χ2n) is 7.54. The number of hydrogen-bond donors (Lipinski definition) is 1. The molecule has 1 fully saturated rings. The lowest BCUT2D eigenvalue weighted by Gasteiger charge is -2.53. The fourth-order valence-corrected chi connectivity index (χ4v) is 3.52. The number of likely N-dealkylation sites (tertiary alicyclic amines) is 1. The first-order valence-electron chi connectivity index (χ1n) is 7.49. The summed E-state index contributed by atoms with van der Waals surface area (Å²) < 4.78 is 28.0. The topological polar surface area (TPSA) is 15.3 Å². The number of halogens is 2. The first-order chi connectivity index (χ1) is 9.53. The second kappa shape index (κ2) is 5.24. The SMILES string of the molecule is Cc1cc(F)c(NC2CC(C)(C)N(C)C(C)(C)C2)c(F)c1. The van der Waals surface area contributed by atoms with E-state index in [2.05, 4.69) is 45.0 Å². The van der Waals surface area contributed by atoms with E-state index in [0.29, 0.717) is 5.56 Å². The van der Waals surface area contributed by atoms with Gasteiger partial charge in [-0.05, 0) is 72.2 Å². The maximum Gasteiger partial charge on any atom is 0.149 e. The van der Waals surface area contributed by atoms with Gasteiger partial charge in [0.15, 0.2) is 0 Å². The van der Waals surface area contributed by atoms with Crippen molar-refractivity contribution in [1.82, 2.24) is 4.90 Å². The van der Waals surface area contributed by atoms with Crippen LogP contribution in [0.1, 0.15) is 46.1 Å². The molecule has 0 amide bonds. The maximum atomic E-state index is 14.0. The average Bonchev–Trinajstić information content (AvgIpc) is 2.30. The molecule has 1 heterocycles. The van der Waals surface area contributed by atoms with Crippen molar-refractivity contribution in [2.24, 2.45) is 0 Å². The van der Waals surface area contributed by atoms with Crippen LogP contribution in [0.15, 0.2) is 12.1 Å². The highest BCUT2D eigenvalue weighted by atomic mass is 19.1. The molecule has 0 atom stereocenters. The molecule has 4 heteroatoms. The molecule has 0 unspecified atom stereocenters. The van der Waals surface area contributed by atoms with Gasteiger partial charge in [-0.15, -0.1) is 0 Å². The number of piperidine rings is 1. The summed E-state index contributed by atoms with van der Waals surface area (Å²) in [7, 11) is 2.11. The summed E-state index contributed by atoms with van der Waals surface area (Å²) in [5.41, 5.74) is 0.565. The molecule has 0 radical (unpaired) electrons. The monoisotopic (exact) mass is 296 g/mol. The third kappa shape index (κ3) is 3.20. The Balaban J connectivity index is 2.25. The van der Waals surface area contributed by atoms with E-state index in [-0.39, 0.29) is 22.8 Å². The van der Waals surface area contributed by atoms with E-state index in [1.165, 1.54) is 12.1 Å². The molecule has 0 spiro atoms. The molecule has 1 N–H and O–H groups in total. The van der Waals surface area contributed by atoms with Gasteiger partial charge in [0.05, 0.1) is 0 Å². The largest absolute Gasteiger partial charge is 0.377 e. The van der Waals surface area contributed by atoms with Crippen molar-refractivity contribution >= 4 is 5.69 Å². The first kappa shape index (κ1) is 16.2. The molecule has 1 saturated heterocycles. The van der Waals surface area contributed by atoms with Crippen molar-refractivity contribution in [1.29, 1.82) is 0 Å². The van der Waals surface area contributed by atoms with Crippen LogP contribution >= 0.6 is 0 Å². The molecule has 21 heavy (non-hydrogen) atoms. The Morgan fingerprint density at radius 1 is 1.05 bits per heavy atom. The van der Waals surface area contributed by atoms with Crippen molar-refractivity contribution in [2.45, 2.75) is 64.6 Å². The fourth-order valence-electron chi connectivity index (χ4n) is 3.52. The van der Waals surface area contributed by atoms with Crippen LogP contribution in [0.4, 0.5) is 14.5 Å². The third-order valence-electron chi connectivity index (χ3n) is 4.84. The molecule has 1 aromatic rings. The van der Waals surface area contributed by atoms with E-state index in [9.17, 15) is 8.78 Å². The first-order valence-corrected chi connectivity index (χ1v) is 7.49. The van der Waals surface area contributed by atoms with Gasteiger partial charge in [0, 0.05) is 17.1 Å². The summed E-state index contributed by atoms with van der Waals surface area (Å²) in [6, 6.07) is 2.80. The summed E-state index contributed by atoms with van der Waals surface area (Å²) in [6.45, 7) is 10.4. The summed E-state index contributed by atoms with van der Waals surface area (Å²) in [4.78, 5) is 2.35. The number of rotatable bonds is 2. The molecule has 2 rings (SSSR count). The molecule has 118 valence electrons. The van der Waals surface area contributed by atoms with Crippen molar-refractivity contribution in [3.63, 3.8) is 0 Å². The minimum atomic E-state index is -0.512. The van der Waals surface area contributed by atoms with Crippen LogP contribution in [0.2, 0.25) is 0 Å². The zero-order chi connectivity index (χ0) is 16.0. The number of anilines is 1. The fraction of sp³-hybridized carbons (Fsp3) is 0.647. The van der Waals surface area contributed by atoms with Crippen molar-refractivity contribution in [3.05, 3.63) is 29.3 Å². The van der Waals surface area contributed by atoms with Crippen LogP contribution in [0.25, 0.3) is 0 Å². The predicted molar refractivity (Wildman–Crippen MR) is 83.7 cm³/mol. The molecule has 1 aliphatic heterocycles. The lowest BCUT2D eigenvalue weighted by molar-refractivity contribution is -0.00777. The Kier molecular flexibility index (Phi) is 4.04. The van der Waals surface area contributed by atoms with E-state index in [1.54, 1.807) is 6.92 Å².